The maximum atomic E-state index is 12.0. The molecule has 0 aliphatic heterocycles. The molecule has 130 valence electrons. The fraction of sp³-hybridized carbons (Fsp3) is 0.632. The summed E-state index contributed by atoms with van der Waals surface area (Å²) in [6, 6.07) is 10.2. The monoisotopic (exact) mass is 319 g/mol. The molecule has 0 bridgehead atoms. The Morgan fingerprint density at radius 1 is 1.09 bits per heavy atom. The van der Waals surface area contributed by atoms with E-state index in [4.69, 9.17) is 0 Å². The van der Waals surface area contributed by atoms with Gasteiger partial charge in [0.25, 0.3) is 0 Å². The highest BCUT2D eigenvalue weighted by molar-refractivity contribution is 5.74. The molecule has 0 atom stereocenters. The zero-order valence-electron chi connectivity index (χ0n) is 15.6. The smallest absolute Gasteiger partial charge is 0.315 e. The third-order valence-corrected chi connectivity index (χ3v) is 3.58. The van der Waals surface area contributed by atoms with Gasteiger partial charge in [0.2, 0.25) is 0 Å². The summed E-state index contributed by atoms with van der Waals surface area (Å²) in [7, 11) is 2.07. The van der Waals surface area contributed by atoms with Crippen LogP contribution in [0.3, 0.4) is 0 Å². The molecule has 2 N–H and O–H groups in total. The summed E-state index contributed by atoms with van der Waals surface area (Å²) in [5, 5.41) is 6.02. The van der Waals surface area contributed by atoms with Crippen LogP contribution in [-0.2, 0) is 0 Å². The van der Waals surface area contributed by atoms with Gasteiger partial charge in [0.1, 0.15) is 0 Å². The largest absolute Gasteiger partial charge is 0.375 e. The van der Waals surface area contributed by atoms with E-state index >= 15 is 0 Å². The Labute approximate surface area is 141 Å². The van der Waals surface area contributed by atoms with Crippen molar-refractivity contribution in [3.63, 3.8) is 0 Å². The summed E-state index contributed by atoms with van der Waals surface area (Å²) in [4.78, 5) is 14.2. The highest BCUT2D eigenvalue weighted by atomic mass is 16.2. The second kappa shape index (κ2) is 8.23. The number of hydrogen-bond acceptors (Lipinski definition) is 2. The Bertz CT molecular complexity index is 477. The minimum absolute atomic E-state index is 0.0818. The predicted octanol–water partition coefficient (Wildman–Crippen LogP) is 4.03. The van der Waals surface area contributed by atoms with Crippen molar-refractivity contribution in [2.45, 2.75) is 53.0 Å². The van der Waals surface area contributed by atoms with E-state index in [0.29, 0.717) is 6.54 Å². The van der Waals surface area contributed by atoms with Gasteiger partial charge in [0.05, 0.1) is 0 Å². The summed E-state index contributed by atoms with van der Waals surface area (Å²) in [6.45, 7) is 12.3. The molecule has 0 saturated carbocycles. The highest BCUT2D eigenvalue weighted by Gasteiger charge is 2.26. The van der Waals surface area contributed by atoms with Crippen molar-refractivity contribution in [2.75, 3.05) is 25.0 Å². The van der Waals surface area contributed by atoms with Crippen molar-refractivity contribution in [1.29, 1.82) is 0 Å². The lowest BCUT2D eigenvalue weighted by molar-refractivity contribution is 0.210. The molecule has 4 nitrogen and oxygen atoms in total. The molecule has 2 amide bonds. The number of nitrogens with zero attached hydrogens (tertiary/aromatic N) is 1. The van der Waals surface area contributed by atoms with Crippen molar-refractivity contribution in [3.05, 3.63) is 30.3 Å². The molecule has 0 aliphatic rings. The molecule has 23 heavy (non-hydrogen) atoms. The van der Waals surface area contributed by atoms with Crippen LogP contribution in [0.2, 0.25) is 0 Å². The van der Waals surface area contributed by atoms with E-state index in [1.807, 2.05) is 18.2 Å². The minimum atomic E-state index is -0.205. The van der Waals surface area contributed by atoms with Crippen molar-refractivity contribution in [3.8, 4) is 0 Å². The fourth-order valence-electron chi connectivity index (χ4n) is 3.05. The molecule has 1 aromatic rings. The van der Waals surface area contributed by atoms with Gasteiger partial charge in [0, 0.05) is 31.4 Å². The van der Waals surface area contributed by atoms with Gasteiger partial charge in [-0.25, -0.2) is 4.79 Å². The number of hydrogen-bond donors (Lipinski definition) is 2. The molecule has 1 rings (SSSR count). The molecule has 0 heterocycles. The van der Waals surface area contributed by atoms with Crippen LogP contribution in [0.1, 0.15) is 47.5 Å². The summed E-state index contributed by atoms with van der Waals surface area (Å²) in [5.74, 6) is 0. The molecule has 0 spiro atoms. The highest BCUT2D eigenvalue weighted by Crippen LogP contribution is 2.26. The summed E-state index contributed by atoms with van der Waals surface area (Å²) in [5.41, 5.74) is 1.18. The number of nitrogens with one attached hydrogen (secondary N) is 2. The molecular formula is C19H33N3O. The van der Waals surface area contributed by atoms with Gasteiger partial charge < -0.3 is 15.5 Å². The van der Waals surface area contributed by atoms with E-state index in [1.165, 1.54) is 5.69 Å². The Balaban J connectivity index is 2.26. The zero-order chi connectivity index (χ0) is 17.5. The van der Waals surface area contributed by atoms with Crippen LogP contribution in [-0.4, -0.2) is 31.7 Å². The number of urea groups is 1. The Hall–Kier alpha value is -1.71. The first-order valence-corrected chi connectivity index (χ1v) is 8.41. The number of amides is 2. The molecule has 0 radical (unpaired) electrons. The second-order valence-electron chi connectivity index (χ2n) is 8.11. The molecule has 0 saturated heterocycles. The van der Waals surface area contributed by atoms with Crippen LogP contribution in [0.25, 0.3) is 0 Å². The Morgan fingerprint density at radius 3 is 2.26 bits per heavy atom. The fourth-order valence-corrected chi connectivity index (χ4v) is 3.05. The van der Waals surface area contributed by atoms with Gasteiger partial charge in [-0.2, -0.15) is 0 Å². The number of carbonyl (C=O) groups is 1. The molecule has 0 aliphatic carbocycles. The lowest BCUT2D eigenvalue weighted by Gasteiger charge is -2.33. The van der Waals surface area contributed by atoms with Gasteiger partial charge >= 0.3 is 6.03 Å². The van der Waals surface area contributed by atoms with E-state index in [9.17, 15) is 4.79 Å². The molecule has 0 fully saturated rings. The van der Waals surface area contributed by atoms with E-state index in [2.05, 4.69) is 69.3 Å². The van der Waals surface area contributed by atoms with Crippen LogP contribution in [0, 0.1) is 5.41 Å². The Morgan fingerprint density at radius 2 is 1.70 bits per heavy atom. The first kappa shape index (κ1) is 19.3. The molecule has 0 aromatic heterocycles. The van der Waals surface area contributed by atoms with Gasteiger partial charge in [-0.1, -0.05) is 39.0 Å². The number of benzene rings is 1. The van der Waals surface area contributed by atoms with E-state index < -0.39 is 0 Å². The Kier molecular flexibility index (Phi) is 6.92. The molecule has 4 heteroatoms. The lowest BCUT2D eigenvalue weighted by Crippen LogP contribution is -2.50. The SMILES string of the molecule is CN(CCCNC(=O)NC(C)(C)CC(C)(C)C)c1ccccc1. The number of anilines is 1. The number of carbonyl (C=O) groups excluding carboxylic acids is 1. The van der Waals surface area contributed by atoms with E-state index in [-0.39, 0.29) is 17.0 Å². The maximum Gasteiger partial charge on any atom is 0.315 e. The van der Waals surface area contributed by atoms with Crippen molar-refractivity contribution in [2.24, 2.45) is 5.41 Å². The van der Waals surface area contributed by atoms with Crippen LogP contribution in [0.4, 0.5) is 10.5 Å². The van der Waals surface area contributed by atoms with Crippen molar-refractivity contribution >= 4 is 11.7 Å². The minimum Gasteiger partial charge on any atom is -0.375 e. The summed E-state index contributed by atoms with van der Waals surface area (Å²) >= 11 is 0. The standard InChI is InChI=1S/C19H33N3O/c1-18(2,3)15-19(4,5)21-17(23)20-13-10-14-22(6)16-11-8-7-9-12-16/h7-9,11-12H,10,13-15H2,1-6H3,(H2,20,21,23). The van der Waals surface area contributed by atoms with Crippen LogP contribution in [0.15, 0.2) is 30.3 Å². The number of para-hydroxylation sites is 1. The van der Waals surface area contributed by atoms with Crippen LogP contribution >= 0.6 is 0 Å². The van der Waals surface area contributed by atoms with Gasteiger partial charge in [0.15, 0.2) is 0 Å². The quantitative estimate of drug-likeness (QED) is 0.745. The summed E-state index contributed by atoms with van der Waals surface area (Å²) in [6.07, 6.45) is 1.85. The maximum absolute atomic E-state index is 12.0. The lowest BCUT2D eigenvalue weighted by atomic mass is 9.82. The first-order chi connectivity index (χ1) is 10.6. The van der Waals surface area contributed by atoms with Gasteiger partial charge in [-0.15, -0.1) is 0 Å². The van der Waals surface area contributed by atoms with Gasteiger partial charge in [-0.3, -0.25) is 0 Å². The van der Waals surface area contributed by atoms with Crippen molar-refractivity contribution < 1.29 is 4.79 Å². The first-order valence-electron chi connectivity index (χ1n) is 8.41. The predicted molar refractivity (Wildman–Crippen MR) is 99.0 cm³/mol. The van der Waals surface area contributed by atoms with E-state index in [0.717, 1.165) is 19.4 Å². The van der Waals surface area contributed by atoms with Crippen LogP contribution in [0.5, 0.6) is 0 Å². The average molecular weight is 319 g/mol. The molecular weight excluding hydrogens is 286 g/mol. The average Bonchev–Trinajstić information content (AvgIpc) is 2.41. The number of rotatable bonds is 7. The topological polar surface area (TPSA) is 44.4 Å². The molecule has 0 unspecified atom stereocenters. The normalized spacial score (nSPS) is 11.9. The molecule has 1 aromatic carbocycles. The van der Waals surface area contributed by atoms with Crippen molar-refractivity contribution in [1.82, 2.24) is 10.6 Å². The third-order valence-electron chi connectivity index (χ3n) is 3.58. The third kappa shape index (κ3) is 8.48. The second-order valence-corrected chi connectivity index (χ2v) is 8.11. The summed E-state index contributed by atoms with van der Waals surface area (Å²) < 4.78 is 0. The zero-order valence-corrected chi connectivity index (χ0v) is 15.6. The van der Waals surface area contributed by atoms with E-state index in [1.54, 1.807) is 0 Å². The van der Waals surface area contributed by atoms with Gasteiger partial charge in [-0.05, 0) is 44.2 Å². The van der Waals surface area contributed by atoms with Crippen LogP contribution < -0.4 is 15.5 Å².